The van der Waals surface area contributed by atoms with Crippen LogP contribution in [-0.4, -0.2) is 22.4 Å². The molecule has 1 amide bonds. The van der Waals surface area contributed by atoms with Gasteiger partial charge in [0, 0.05) is 22.9 Å². The van der Waals surface area contributed by atoms with Crippen LogP contribution < -0.4 is 10.6 Å². The third-order valence-electron chi connectivity index (χ3n) is 5.14. The van der Waals surface area contributed by atoms with Crippen LogP contribution in [0.2, 0.25) is 0 Å². The van der Waals surface area contributed by atoms with E-state index in [1.807, 2.05) is 30.3 Å². The summed E-state index contributed by atoms with van der Waals surface area (Å²) in [4.78, 5) is 21.5. The van der Waals surface area contributed by atoms with Crippen molar-refractivity contribution in [3.05, 3.63) is 76.7 Å². The number of carbonyl (C=O) groups excluding carboxylic acids is 1. The Balaban J connectivity index is 1.56. The van der Waals surface area contributed by atoms with E-state index in [0.717, 1.165) is 35.2 Å². The molecule has 0 aliphatic rings. The number of hydrogen-bond acceptors (Lipinski definition) is 5. The van der Waals surface area contributed by atoms with Crippen LogP contribution in [0, 0.1) is 0 Å². The number of nitrogens with one attached hydrogen (secondary N) is 2. The normalized spacial score (nSPS) is 11.0. The Morgan fingerprint density at radius 1 is 1.06 bits per heavy atom. The number of rotatable bonds is 9. The smallest absolute Gasteiger partial charge is 0.275 e. The molecule has 0 bridgehead atoms. The average molecular weight is 431 g/mol. The third-order valence-corrected chi connectivity index (χ3v) is 5.73. The van der Waals surface area contributed by atoms with Gasteiger partial charge in [0.2, 0.25) is 0 Å². The van der Waals surface area contributed by atoms with Gasteiger partial charge in [-0.15, -0.1) is 11.3 Å². The Labute approximate surface area is 186 Å². The number of para-hydroxylation sites is 1. The Hall–Kier alpha value is -3.09. The zero-order valence-electron chi connectivity index (χ0n) is 17.6. The second kappa shape index (κ2) is 10.3. The number of pyridine rings is 1. The maximum atomic E-state index is 12.5. The summed E-state index contributed by atoms with van der Waals surface area (Å²) in [5.41, 5.74) is 6.71. The zero-order chi connectivity index (χ0) is 21.5. The van der Waals surface area contributed by atoms with Gasteiger partial charge in [-0.1, -0.05) is 56.2 Å². The average Bonchev–Trinajstić information content (AvgIpc) is 3.34. The van der Waals surface area contributed by atoms with E-state index in [4.69, 9.17) is 4.98 Å². The van der Waals surface area contributed by atoms with Gasteiger partial charge in [-0.3, -0.25) is 4.79 Å². The highest BCUT2D eigenvalue weighted by Crippen LogP contribution is 2.27. The van der Waals surface area contributed by atoms with Crippen molar-refractivity contribution in [2.75, 3.05) is 11.9 Å². The van der Waals surface area contributed by atoms with Crippen molar-refractivity contribution in [2.45, 2.75) is 32.7 Å². The number of aromatic nitrogens is 2. The molecule has 0 saturated carbocycles. The molecule has 0 spiro atoms. The predicted molar refractivity (Wildman–Crippen MR) is 128 cm³/mol. The minimum Gasteiger partial charge on any atom is -0.319 e. The van der Waals surface area contributed by atoms with Crippen molar-refractivity contribution in [3.63, 3.8) is 0 Å². The highest BCUT2D eigenvalue weighted by atomic mass is 32.1. The van der Waals surface area contributed by atoms with Crippen LogP contribution in [0.25, 0.3) is 22.2 Å². The minimum atomic E-state index is -0.225. The van der Waals surface area contributed by atoms with Crippen LogP contribution in [0.1, 0.15) is 42.2 Å². The van der Waals surface area contributed by atoms with Crippen molar-refractivity contribution < 1.29 is 4.79 Å². The molecule has 6 heteroatoms. The van der Waals surface area contributed by atoms with Crippen LogP contribution in [0.5, 0.6) is 0 Å². The molecule has 0 radical (unpaired) electrons. The van der Waals surface area contributed by atoms with Crippen LogP contribution in [-0.2, 0) is 6.54 Å². The van der Waals surface area contributed by atoms with Crippen LogP contribution in [0.3, 0.4) is 0 Å². The molecule has 0 aliphatic heterocycles. The number of amides is 1. The standard InChI is InChI=1S/C25H26N4OS/c1-2-3-4-13-26-15-18-7-5-9-20(14-18)21-12-11-19-8-6-10-22(24(19)28-21)29-25(30)23-16-31-17-27-23/h5-12,14,16-17,26H,2-4,13,15H2,1H3,(H,29,30). The van der Waals surface area contributed by atoms with Gasteiger partial charge >= 0.3 is 0 Å². The molecule has 4 rings (SSSR count). The van der Waals surface area contributed by atoms with Crippen molar-refractivity contribution in [1.82, 2.24) is 15.3 Å². The number of unbranched alkanes of at least 4 members (excludes halogenated alkanes) is 2. The van der Waals surface area contributed by atoms with E-state index in [2.05, 4.69) is 46.8 Å². The lowest BCUT2D eigenvalue weighted by atomic mass is 10.1. The lowest BCUT2D eigenvalue weighted by Gasteiger charge is -2.10. The van der Waals surface area contributed by atoms with Crippen molar-refractivity contribution in [3.8, 4) is 11.3 Å². The summed E-state index contributed by atoms with van der Waals surface area (Å²) in [6.45, 7) is 4.10. The number of carbonyl (C=O) groups is 1. The molecule has 5 nitrogen and oxygen atoms in total. The molecule has 0 fully saturated rings. The largest absolute Gasteiger partial charge is 0.319 e. The summed E-state index contributed by atoms with van der Waals surface area (Å²) < 4.78 is 0. The highest BCUT2D eigenvalue weighted by Gasteiger charge is 2.12. The molecule has 31 heavy (non-hydrogen) atoms. The third kappa shape index (κ3) is 5.34. The first-order valence-electron chi connectivity index (χ1n) is 10.6. The summed E-state index contributed by atoms with van der Waals surface area (Å²) >= 11 is 1.40. The summed E-state index contributed by atoms with van der Waals surface area (Å²) in [6, 6.07) is 18.3. The fourth-order valence-electron chi connectivity index (χ4n) is 3.49. The van der Waals surface area contributed by atoms with E-state index >= 15 is 0 Å². The van der Waals surface area contributed by atoms with Crippen LogP contribution >= 0.6 is 11.3 Å². The van der Waals surface area contributed by atoms with E-state index in [1.165, 1.54) is 36.2 Å². The molecule has 0 saturated heterocycles. The molecule has 2 heterocycles. The Morgan fingerprint density at radius 3 is 2.81 bits per heavy atom. The maximum Gasteiger partial charge on any atom is 0.275 e. The van der Waals surface area contributed by atoms with Gasteiger partial charge in [-0.2, -0.15) is 0 Å². The van der Waals surface area contributed by atoms with E-state index in [9.17, 15) is 4.79 Å². The first kappa shape index (κ1) is 21.2. The number of anilines is 1. The second-order valence-corrected chi connectivity index (χ2v) is 8.20. The zero-order valence-corrected chi connectivity index (χ0v) is 18.4. The van der Waals surface area contributed by atoms with Gasteiger partial charge in [-0.25, -0.2) is 9.97 Å². The summed E-state index contributed by atoms with van der Waals surface area (Å²) in [5, 5.41) is 9.19. The molecule has 2 N–H and O–H groups in total. The molecule has 0 unspecified atom stereocenters. The number of thiazole rings is 1. The van der Waals surface area contributed by atoms with E-state index in [0.29, 0.717) is 11.4 Å². The number of benzene rings is 2. The second-order valence-electron chi connectivity index (χ2n) is 7.49. The Morgan fingerprint density at radius 2 is 1.97 bits per heavy atom. The Bertz CT molecular complexity index is 1160. The fraction of sp³-hybridized carbons (Fsp3) is 0.240. The molecule has 2 aromatic heterocycles. The molecule has 158 valence electrons. The molecular formula is C25H26N4OS. The van der Waals surface area contributed by atoms with Crippen molar-refractivity contribution >= 4 is 33.8 Å². The van der Waals surface area contributed by atoms with Gasteiger partial charge in [-0.05, 0) is 36.7 Å². The minimum absolute atomic E-state index is 0.225. The van der Waals surface area contributed by atoms with E-state index < -0.39 is 0 Å². The first-order valence-corrected chi connectivity index (χ1v) is 11.6. The monoisotopic (exact) mass is 430 g/mol. The van der Waals surface area contributed by atoms with Crippen LogP contribution in [0.15, 0.2) is 65.5 Å². The van der Waals surface area contributed by atoms with Gasteiger partial charge < -0.3 is 10.6 Å². The first-order chi connectivity index (χ1) is 15.2. The maximum absolute atomic E-state index is 12.5. The summed E-state index contributed by atoms with van der Waals surface area (Å²) in [5.74, 6) is -0.225. The van der Waals surface area contributed by atoms with Gasteiger partial charge in [0.05, 0.1) is 22.4 Å². The molecular weight excluding hydrogens is 404 g/mol. The van der Waals surface area contributed by atoms with E-state index in [1.54, 1.807) is 10.9 Å². The topological polar surface area (TPSA) is 66.9 Å². The number of fused-ring (bicyclic) bond motifs is 1. The quantitative estimate of drug-likeness (QED) is 0.325. The summed E-state index contributed by atoms with van der Waals surface area (Å²) in [7, 11) is 0. The van der Waals surface area contributed by atoms with Crippen LogP contribution in [0.4, 0.5) is 5.69 Å². The molecule has 0 atom stereocenters. The van der Waals surface area contributed by atoms with Gasteiger partial charge in [0.15, 0.2) is 0 Å². The predicted octanol–water partition coefficient (Wildman–Crippen LogP) is 5.89. The van der Waals surface area contributed by atoms with Gasteiger partial charge in [0.1, 0.15) is 5.69 Å². The lowest BCUT2D eigenvalue weighted by Crippen LogP contribution is -2.14. The number of nitrogens with zero attached hydrogens (tertiary/aromatic N) is 2. The lowest BCUT2D eigenvalue weighted by molar-refractivity contribution is 0.102. The van der Waals surface area contributed by atoms with E-state index in [-0.39, 0.29) is 5.91 Å². The number of hydrogen-bond donors (Lipinski definition) is 2. The molecule has 4 aromatic rings. The SMILES string of the molecule is CCCCCNCc1cccc(-c2ccc3cccc(NC(=O)c4cscn4)c3n2)c1. The van der Waals surface area contributed by atoms with Crippen molar-refractivity contribution in [1.29, 1.82) is 0 Å². The summed E-state index contributed by atoms with van der Waals surface area (Å²) in [6.07, 6.45) is 3.70. The highest BCUT2D eigenvalue weighted by molar-refractivity contribution is 7.07. The fourth-order valence-corrected chi connectivity index (χ4v) is 4.03. The molecule has 0 aliphatic carbocycles. The molecule has 2 aromatic carbocycles. The Kier molecular flexibility index (Phi) is 7.02. The van der Waals surface area contributed by atoms with Crippen molar-refractivity contribution in [2.24, 2.45) is 0 Å². The van der Waals surface area contributed by atoms with Gasteiger partial charge in [0.25, 0.3) is 5.91 Å².